The molecule has 12 nitrogen and oxygen atoms in total. The van der Waals surface area contributed by atoms with Gasteiger partial charge >= 0.3 is 5.97 Å². The van der Waals surface area contributed by atoms with E-state index in [9.17, 15) is 9.59 Å². The highest BCUT2D eigenvalue weighted by Gasteiger charge is 2.54. The van der Waals surface area contributed by atoms with Crippen molar-refractivity contribution in [2.75, 3.05) is 19.0 Å². The summed E-state index contributed by atoms with van der Waals surface area (Å²) in [4.78, 5) is 41.3. The van der Waals surface area contributed by atoms with E-state index in [1.165, 1.54) is 6.33 Å². The molecule has 5 aromatic carbocycles. The molecule has 8 rings (SSSR count). The molecular formula is C50H51N5O7Si. The maximum atomic E-state index is 14.2. The van der Waals surface area contributed by atoms with Gasteiger partial charge in [-0.25, -0.2) is 19.7 Å². The number of esters is 1. The fourth-order valence-electron chi connectivity index (χ4n) is 7.64. The number of nitrogens with one attached hydrogen (secondary N) is 1. The van der Waals surface area contributed by atoms with Crippen molar-refractivity contribution in [1.29, 1.82) is 0 Å². The zero-order chi connectivity index (χ0) is 44.2. The molecule has 0 bridgehead atoms. The summed E-state index contributed by atoms with van der Waals surface area (Å²) in [5, 5.41) is 2.66. The number of fused-ring (bicyclic) bond motifs is 1. The van der Waals surface area contributed by atoms with E-state index in [0.29, 0.717) is 28.0 Å². The van der Waals surface area contributed by atoms with Gasteiger partial charge in [0.2, 0.25) is 0 Å². The third kappa shape index (κ3) is 8.78. The van der Waals surface area contributed by atoms with Gasteiger partial charge < -0.3 is 28.7 Å². The monoisotopic (exact) mass is 861 g/mol. The van der Waals surface area contributed by atoms with Crippen LogP contribution >= 0.6 is 0 Å². The summed E-state index contributed by atoms with van der Waals surface area (Å²) in [6, 6.07) is 45.6. The third-order valence-corrected chi connectivity index (χ3v) is 16.5. The fraction of sp³-hybridized carbons (Fsp3) is 0.260. The molecule has 1 saturated heterocycles. The number of rotatable bonds is 14. The highest BCUT2D eigenvalue weighted by molar-refractivity contribution is 6.74. The van der Waals surface area contributed by atoms with E-state index in [0.717, 1.165) is 16.7 Å². The van der Waals surface area contributed by atoms with Crippen LogP contribution in [0.1, 0.15) is 64.4 Å². The van der Waals surface area contributed by atoms with Crippen LogP contribution in [0.4, 0.5) is 5.82 Å². The number of ether oxygens (including phenoxy) is 4. The molecule has 0 unspecified atom stereocenters. The number of methoxy groups -OCH3 is 1. The summed E-state index contributed by atoms with van der Waals surface area (Å²) in [6.45, 7) is 10.7. The Morgan fingerprint density at radius 3 is 1.84 bits per heavy atom. The second-order valence-corrected chi connectivity index (χ2v) is 21.7. The van der Waals surface area contributed by atoms with Gasteiger partial charge in [0.15, 0.2) is 37.6 Å². The van der Waals surface area contributed by atoms with E-state index in [1.54, 1.807) is 66.5 Å². The molecule has 2 aromatic heterocycles. The molecule has 322 valence electrons. The van der Waals surface area contributed by atoms with Crippen LogP contribution in [0.5, 0.6) is 5.75 Å². The second kappa shape index (κ2) is 18.1. The summed E-state index contributed by atoms with van der Waals surface area (Å²) < 4.78 is 35.7. The van der Waals surface area contributed by atoms with Crippen molar-refractivity contribution in [3.05, 3.63) is 186 Å². The highest BCUT2D eigenvalue weighted by atomic mass is 28.4. The van der Waals surface area contributed by atoms with E-state index < -0.39 is 44.4 Å². The first-order chi connectivity index (χ1) is 30.4. The molecule has 1 aliphatic rings. The lowest BCUT2D eigenvalue weighted by Crippen LogP contribution is -2.50. The largest absolute Gasteiger partial charge is 0.497 e. The van der Waals surface area contributed by atoms with E-state index >= 15 is 0 Å². The Kier molecular flexibility index (Phi) is 12.4. The molecule has 0 spiro atoms. The number of benzene rings is 5. The number of hydrogen-bond donors (Lipinski definition) is 1. The lowest BCUT2D eigenvalue weighted by Gasteiger charge is -2.40. The van der Waals surface area contributed by atoms with Crippen LogP contribution in [0.3, 0.4) is 0 Å². The molecule has 0 aliphatic carbocycles. The van der Waals surface area contributed by atoms with Crippen LogP contribution in [0.2, 0.25) is 18.1 Å². The van der Waals surface area contributed by atoms with Crippen LogP contribution in [0.15, 0.2) is 158 Å². The van der Waals surface area contributed by atoms with Gasteiger partial charge in [0.05, 0.1) is 25.6 Å². The van der Waals surface area contributed by atoms with Crippen molar-refractivity contribution >= 4 is 37.2 Å². The molecule has 1 aliphatic heterocycles. The molecule has 0 radical (unpaired) electrons. The zero-order valence-electron chi connectivity index (χ0n) is 36.2. The predicted molar refractivity (Wildman–Crippen MR) is 243 cm³/mol. The number of imidazole rings is 1. The van der Waals surface area contributed by atoms with Gasteiger partial charge in [0, 0.05) is 5.56 Å². The third-order valence-electron chi connectivity index (χ3n) is 12.0. The van der Waals surface area contributed by atoms with Gasteiger partial charge in [-0.05, 0) is 71.2 Å². The Morgan fingerprint density at radius 2 is 1.27 bits per heavy atom. The summed E-state index contributed by atoms with van der Waals surface area (Å²) in [5.41, 5.74) is 3.04. The maximum absolute atomic E-state index is 14.2. The molecule has 1 N–H and O–H groups in total. The summed E-state index contributed by atoms with van der Waals surface area (Å²) in [6.07, 6.45) is -0.657. The van der Waals surface area contributed by atoms with E-state index in [4.69, 9.17) is 28.4 Å². The van der Waals surface area contributed by atoms with Gasteiger partial charge in [-0.15, -0.1) is 0 Å². The van der Waals surface area contributed by atoms with Crippen LogP contribution in [-0.2, 0) is 24.2 Å². The number of aromatic nitrogens is 4. The van der Waals surface area contributed by atoms with Crippen LogP contribution < -0.4 is 10.1 Å². The molecular weight excluding hydrogens is 811 g/mol. The van der Waals surface area contributed by atoms with Crippen molar-refractivity contribution in [1.82, 2.24) is 19.5 Å². The topological polar surface area (TPSA) is 136 Å². The first-order valence-corrected chi connectivity index (χ1v) is 23.8. The number of nitrogens with zero attached hydrogens (tertiary/aromatic N) is 4. The van der Waals surface area contributed by atoms with Crippen molar-refractivity contribution in [3.8, 4) is 5.75 Å². The fourth-order valence-corrected chi connectivity index (χ4v) is 8.93. The van der Waals surface area contributed by atoms with Crippen molar-refractivity contribution in [2.24, 2.45) is 0 Å². The predicted octanol–water partition coefficient (Wildman–Crippen LogP) is 9.61. The van der Waals surface area contributed by atoms with Crippen molar-refractivity contribution in [3.63, 3.8) is 0 Å². The number of anilines is 1. The Labute approximate surface area is 368 Å². The zero-order valence-corrected chi connectivity index (χ0v) is 37.2. The molecule has 1 amide bonds. The minimum Gasteiger partial charge on any atom is -0.497 e. The van der Waals surface area contributed by atoms with Crippen molar-refractivity contribution in [2.45, 2.75) is 69.0 Å². The van der Waals surface area contributed by atoms with Gasteiger partial charge in [0.25, 0.3) is 5.91 Å². The summed E-state index contributed by atoms with van der Waals surface area (Å²) in [5.74, 6) is 0.0569. The maximum Gasteiger partial charge on any atom is 0.338 e. The average molecular weight is 862 g/mol. The molecule has 7 aromatic rings. The Hall–Kier alpha value is -6.51. The van der Waals surface area contributed by atoms with E-state index in [2.05, 4.69) is 49.1 Å². The first kappa shape index (κ1) is 43.1. The number of hydrogen-bond acceptors (Lipinski definition) is 10. The molecule has 13 heteroatoms. The smallest absolute Gasteiger partial charge is 0.338 e. The first-order valence-electron chi connectivity index (χ1n) is 20.9. The normalized spacial score (nSPS) is 17.9. The van der Waals surface area contributed by atoms with E-state index in [-0.39, 0.29) is 23.4 Å². The molecule has 0 saturated carbocycles. The highest BCUT2D eigenvalue weighted by Crippen LogP contribution is 2.46. The van der Waals surface area contributed by atoms with E-state index in [1.807, 2.05) is 97.1 Å². The molecule has 3 heterocycles. The molecule has 63 heavy (non-hydrogen) atoms. The van der Waals surface area contributed by atoms with Gasteiger partial charge in [-0.1, -0.05) is 130 Å². The minimum atomic E-state index is -2.64. The standard InChI is InChI=1S/C50H51N5O7Si/c1-49(2,3)63(5,6)62-43-42(61-48(57)35-21-13-8-14-22-35)40(60-47(43)55-33-53-41-44(51-32-52-45(41)55)54-46(56)34-19-11-7-12-20-34)31-59-50(36-23-15-9-16-24-36,37-25-17-10-18-26-37)38-27-29-39(58-4)30-28-38/h7-30,32-33,40,42-43,47H,31H2,1-6H3,(H,51,52,54,56)/t40-,42+,43-,47-/m1/s1. The van der Waals surface area contributed by atoms with Gasteiger partial charge in [-0.3, -0.25) is 9.36 Å². The molecule has 4 atom stereocenters. The Morgan fingerprint density at radius 1 is 0.714 bits per heavy atom. The number of carbonyl (C=O) groups is 2. The van der Waals surface area contributed by atoms with Crippen molar-refractivity contribution < 1.29 is 33.0 Å². The Bertz CT molecular complexity index is 2600. The Balaban J connectivity index is 1.25. The summed E-state index contributed by atoms with van der Waals surface area (Å²) >= 11 is 0. The average Bonchev–Trinajstić information content (AvgIpc) is 3.88. The lowest BCUT2D eigenvalue weighted by atomic mass is 9.80. The summed E-state index contributed by atoms with van der Waals surface area (Å²) in [7, 11) is -1.00. The quantitative estimate of drug-likeness (QED) is 0.0640. The SMILES string of the molecule is COc1ccc(C(OC[C@H]2O[C@@H](n3cnc4c(NC(=O)c5ccccc5)ncnc43)[C@H](O[Si](C)(C)C(C)(C)C)[C@H]2OC(=O)c2ccccc2)(c2ccccc2)c2ccccc2)cc1. The lowest BCUT2D eigenvalue weighted by molar-refractivity contribution is -0.0959. The minimum absolute atomic E-state index is 0.0452. The van der Waals surface area contributed by atoms with Crippen LogP contribution in [-0.4, -0.2) is 71.7 Å². The van der Waals surface area contributed by atoms with Crippen LogP contribution in [0.25, 0.3) is 11.2 Å². The van der Waals surface area contributed by atoms with Crippen LogP contribution in [0, 0.1) is 0 Å². The van der Waals surface area contributed by atoms with Gasteiger partial charge in [-0.2, -0.15) is 0 Å². The molecule has 1 fully saturated rings. The number of amides is 1. The second-order valence-electron chi connectivity index (χ2n) is 17.0. The number of carbonyl (C=O) groups excluding carboxylic acids is 2. The van der Waals surface area contributed by atoms with Gasteiger partial charge in [0.1, 0.15) is 29.9 Å².